The summed E-state index contributed by atoms with van der Waals surface area (Å²) in [6.07, 6.45) is 2.39. The standard InChI is InChI=1S/C22H26N6O3/c1-30-18-8-5-6-16(21(18)31-2)15-27-11-9-19-25-26-20(28(19)13-12-27)14-24-22(29)17-7-3-4-10-23-17/h3-8,10H,9,11-15H2,1-2H3,(H,24,29). The van der Waals surface area contributed by atoms with Crippen molar-refractivity contribution in [2.45, 2.75) is 26.1 Å². The van der Waals surface area contributed by atoms with E-state index in [1.165, 1.54) is 0 Å². The number of ether oxygens (including phenoxy) is 2. The molecule has 1 aromatic carbocycles. The highest BCUT2D eigenvalue weighted by Gasteiger charge is 2.21. The zero-order valence-electron chi connectivity index (χ0n) is 17.7. The van der Waals surface area contributed by atoms with Crippen molar-refractivity contribution in [3.05, 3.63) is 65.5 Å². The summed E-state index contributed by atoms with van der Waals surface area (Å²) in [5, 5.41) is 11.5. The quantitative estimate of drug-likeness (QED) is 0.619. The van der Waals surface area contributed by atoms with E-state index in [1.807, 2.05) is 12.1 Å². The SMILES string of the molecule is COc1cccc(CN2CCc3nnc(CNC(=O)c4ccccn4)n3CC2)c1OC. The molecule has 0 unspecified atom stereocenters. The number of hydrogen-bond acceptors (Lipinski definition) is 7. The van der Waals surface area contributed by atoms with Crippen LogP contribution in [-0.2, 0) is 26.1 Å². The van der Waals surface area contributed by atoms with Gasteiger partial charge in [0.1, 0.15) is 11.5 Å². The molecule has 0 saturated carbocycles. The van der Waals surface area contributed by atoms with Gasteiger partial charge in [0, 0.05) is 44.4 Å². The van der Waals surface area contributed by atoms with E-state index in [2.05, 4.69) is 36.0 Å². The lowest BCUT2D eigenvalue weighted by Crippen LogP contribution is -2.28. The van der Waals surface area contributed by atoms with Crippen LogP contribution in [-0.4, -0.2) is 57.9 Å². The van der Waals surface area contributed by atoms with Crippen molar-refractivity contribution < 1.29 is 14.3 Å². The van der Waals surface area contributed by atoms with Gasteiger partial charge in [-0.3, -0.25) is 14.7 Å². The van der Waals surface area contributed by atoms with Crippen LogP contribution in [0.15, 0.2) is 42.6 Å². The fourth-order valence-corrected chi connectivity index (χ4v) is 3.78. The van der Waals surface area contributed by atoms with Crippen LogP contribution in [0.1, 0.15) is 27.7 Å². The maximum atomic E-state index is 12.3. The van der Waals surface area contributed by atoms with Gasteiger partial charge in [0.15, 0.2) is 17.3 Å². The fraction of sp³-hybridized carbons (Fsp3) is 0.364. The third-order valence-corrected chi connectivity index (χ3v) is 5.38. The molecule has 2 aromatic heterocycles. The van der Waals surface area contributed by atoms with Crippen molar-refractivity contribution in [1.82, 2.24) is 30.0 Å². The van der Waals surface area contributed by atoms with E-state index in [0.29, 0.717) is 12.2 Å². The minimum atomic E-state index is -0.224. The molecule has 0 fully saturated rings. The average Bonchev–Trinajstić information content (AvgIpc) is 3.09. The highest BCUT2D eigenvalue weighted by Crippen LogP contribution is 2.31. The number of amides is 1. The number of hydrogen-bond donors (Lipinski definition) is 1. The molecule has 0 atom stereocenters. The van der Waals surface area contributed by atoms with Crippen molar-refractivity contribution in [2.24, 2.45) is 0 Å². The molecular formula is C22H26N6O3. The number of para-hydroxylation sites is 1. The second kappa shape index (κ2) is 9.57. The normalized spacial score (nSPS) is 13.9. The summed E-state index contributed by atoms with van der Waals surface area (Å²) in [5.41, 5.74) is 1.47. The number of rotatable bonds is 7. The summed E-state index contributed by atoms with van der Waals surface area (Å²) < 4.78 is 13.1. The van der Waals surface area contributed by atoms with Gasteiger partial charge in [0.2, 0.25) is 0 Å². The molecule has 0 spiro atoms. The molecule has 1 N–H and O–H groups in total. The van der Waals surface area contributed by atoms with Crippen LogP contribution in [0.2, 0.25) is 0 Å². The van der Waals surface area contributed by atoms with Crippen LogP contribution in [0.3, 0.4) is 0 Å². The molecule has 9 heteroatoms. The first kappa shape index (κ1) is 20.8. The van der Waals surface area contributed by atoms with Crippen LogP contribution >= 0.6 is 0 Å². The van der Waals surface area contributed by atoms with Gasteiger partial charge in [-0.25, -0.2) is 0 Å². The average molecular weight is 422 g/mol. The molecule has 0 saturated heterocycles. The van der Waals surface area contributed by atoms with Crippen molar-refractivity contribution in [3.63, 3.8) is 0 Å². The lowest BCUT2D eigenvalue weighted by Gasteiger charge is -2.21. The number of carbonyl (C=O) groups excluding carboxylic acids is 1. The molecule has 3 heterocycles. The summed E-state index contributed by atoms with van der Waals surface area (Å²) in [5.74, 6) is 2.96. The van der Waals surface area contributed by atoms with Gasteiger partial charge in [-0.1, -0.05) is 18.2 Å². The van der Waals surface area contributed by atoms with E-state index in [1.54, 1.807) is 38.6 Å². The molecule has 4 rings (SSSR count). The lowest BCUT2D eigenvalue weighted by atomic mass is 10.1. The highest BCUT2D eigenvalue weighted by molar-refractivity contribution is 5.92. The highest BCUT2D eigenvalue weighted by atomic mass is 16.5. The molecule has 3 aromatic rings. The molecule has 1 amide bonds. The molecule has 0 bridgehead atoms. The van der Waals surface area contributed by atoms with Gasteiger partial charge in [-0.2, -0.15) is 0 Å². The zero-order chi connectivity index (χ0) is 21.6. The number of carbonyl (C=O) groups is 1. The first-order valence-electron chi connectivity index (χ1n) is 10.2. The first-order chi connectivity index (χ1) is 15.2. The zero-order valence-corrected chi connectivity index (χ0v) is 17.7. The molecule has 1 aliphatic rings. The second-order valence-corrected chi connectivity index (χ2v) is 7.26. The summed E-state index contributed by atoms with van der Waals surface area (Å²) in [6, 6.07) is 11.2. The van der Waals surface area contributed by atoms with E-state index in [9.17, 15) is 4.79 Å². The molecule has 1 aliphatic heterocycles. The van der Waals surface area contributed by atoms with Crippen LogP contribution in [0.5, 0.6) is 11.5 Å². The molecule has 9 nitrogen and oxygen atoms in total. The molecule has 31 heavy (non-hydrogen) atoms. The second-order valence-electron chi connectivity index (χ2n) is 7.26. The van der Waals surface area contributed by atoms with E-state index in [0.717, 1.165) is 61.3 Å². The Bertz CT molecular complexity index is 1040. The molecule has 0 radical (unpaired) electrons. The van der Waals surface area contributed by atoms with Crippen LogP contribution < -0.4 is 14.8 Å². The Labute approximate surface area is 181 Å². The Kier molecular flexibility index (Phi) is 6.42. The first-order valence-corrected chi connectivity index (χ1v) is 10.2. The van der Waals surface area contributed by atoms with E-state index in [4.69, 9.17) is 9.47 Å². The Hall–Kier alpha value is -3.46. The topological polar surface area (TPSA) is 94.4 Å². The minimum Gasteiger partial charge on any atom is -0.493 e. The maximum absolute atomic E-state index is 12.3. The van der Waals surface area contributed by atoms with E-state index < -0.39 is 0 Å². The van der Waals surface area contributed by atoms with Crippen LogP contribution in [0.4, 0.5) is 0 Å². The lowest BCUT2D eigenvalue weighted by molar-refractivity contribution is 0.0944. The predicted molar refractivity (Wildman–Crippen MR) is 114 cm³/mol. The van der Waals surface area contributed by atoms with Crippen LogP contribution in [0.25, 0.3) is 0 Å². The summed E-state index contributed by atoms with van der Waals surface area (Å²) in [7, 11) is 3.31. The maximum Gasteiger partial charge on any atom is 0.270 e. The minimum absolute atomic E-state index is 0.224. The van der Waals surface area contributed by atoms with Crippen molar-refractivity contribution in [2.75, 3.05) is 27.3 Å². The van der Waals surface area contributed by atoms with Crippen molar-refractivity contribution in [3.8, 4) is 11.5 Å². The molecule has 0 aliphatic carbocycles. The largest absolute Gasteiger partial charge is 0.493 e. The van der Waals surface area contributed by atoms with Gasteiger partial charge >= 0.3 is 0 Å². The monoisotopic (exact) mass is 422 g/mol. The van der Waals surface area contributed by atoms with Gasteiger partial charge in [-0.05, 0) is 18.2 Å². The third-order valence-electron chi connectivity index (χ3n) is 5.38. The van der Waals surface area contributed by atoms with Gasteiger partial charge in [-0.15, -0.1) is 10.2 Å². The Balaban J connectivity index is 1.40. The predicted octanol–water partition coefficient (Wildman–Crippen LogP) is 1.68. The van der Waals surface area contributed by atoms with Gasteiger partial charge in [0.05, 0.1) is 20.8 Å². The number of nitrogens with one attached hydrogen (secondary N) is 1. The summed E-state index contributed by atoms with van der Waals surface area (Å²) in [6.45, 7) is 3.52. The van der Waals surface area contributed by atoms with Crippen LogP contribution in [0, 0.1) is 0 Å². The van der Waals surface area contributed by atoms with E-state index >= 15 is 0 Å². The number of aromatic nitrogens is 4. The number of benzene rings is 1. The smallest absolute Gasteiger partial charge is 0.270 e. The number of methoxy groups -OCH3 is 2. The van der Waals surface area contributed by atoms with Gasteiger partial charge in [0.25, 0.3) is 5.91 Å². The van der Waals surface area contributed by atoms with E-state index in [-0.39, 0.29) is 5.91 Å². The summed E-state index contributed by atoms with van der Waals surface area (Å²) in [4.78, 5) is 18.7. The number of nitrogens with zero attached hydrogens (tertiary/aromatic N) is 5. The molecular weight excluding hydrogens is 396 g/mol. The van der Waals surface area contributed by atoms with Gasteiger partial charge < -0.3 is 19.4 Å². The summed E-state index contributed by atoms with van der Waals surface area (Å²) >= 11 is 0. The number of fused-ring (bicyclic) bond motifs is 1. The molecule has 162 valence electrons. The third kappa shape index (κ3) is 4.66. The fourth-order valence-electron chi connectivity index (χ4n) is 3.78. The Morgan fingerprint density at radius 3 is 2.74 bits per heavy atom. The Morgan fingerprint density at radius 1 is 1.06 bits per heavy atom. The number of pyridine rings is 1. The Morgan fingerprint density at radius 2 is 1.97 bits per heavy atom. The van der Waals surface area contributed by atoms with Crippen molar-refractivity contribution in [1.29, 1.82) is 0 Å². The van der Waals surface area contributed by atoms with Crippen molar-refractivity contribution >= 4 is 5.91 Å².